The molecule has 7 heteroatoms. The Morgan fingerprint density at radius 2 is 2.25 bits per heavy atom. The molecule has 3 aromatic rings. The molecule has 124 valence electrons. The maximum Gasteiger partial charge on any atom is 0.263 e. The fraction of sp³-hybridized carbons (Fsp3) is 0.353. The maximum absolute atomic E-state index is 12.8. The van der Waals surface area contributed by atoms with Crippen molar-refractivity contribution in [2.24, 2.45) is 7.05 Å². The molecular formula is C17H18N4O2S. The lowest BCUT2D eigenvalue weighted by molar-refractivity contribution is 0.0795. The van der Waals surface area contributed by atoms with Crippen molar-refractivity contribution in [3.8, 4) is 5.75 Å². The molecule has 1 aromatic carbocycles. The minimum absolute atomic E-state index is 0.0971. The molecule has 0 radical (unpaired) electrons. The number of amides is 1. The van der Waals surface area contributed by atoms with E-state index in [-0.39, 0.29) is 11.8 Å². The number of hydrogen-bond donors (Lipinski definition) is 0. The number of likely N-dealkylation sites (tertiary alicyclic amines) is 1. The number of hydrogen-bond acceptors (Lipinski definition) is 5. The van der Waals surface area contributed by atoms with Gasteiger partial charge in [0.25, 0.3) is 5.91 Å². The first-order chi connectivity index (χ1) is 11.7. The highest BCUT2D eigenvalue weighted by Crippen LogP contribution is 2.32. The molecule has 0 bridgehead atoms. The number of rotatable bonds is 3. The summed E-state index contributed by atoms with van der Waals surface area (Å²) in [7, 11) is 3.59. The highest BCUT2D eigenvalue weighted by atomic mass is 32.1. The van der Waals surface area contributed by atoms with Gasteiger partial charge in [0.1, 0.15) is 17.9 Å². The number of carbonyl (C=O) groups is 1. The minimum Gasteiger partial charge on any atom is -0.497 e. The summed E-state index contributed by atoms with van der Waals surface area (Å²) in [6.45, 7) is 1.46. The zero-order chi connectivity index (χ0) is 16.7. The van der Waals surface area contributed by atoms with Crippen LogP contribution < -0.4 is 4.74 Å². The molecule has 1 fully saturated rings. The summed E-state index contributed by atoms with van der Waals surface area (Å²) in [6.07, 6.45) is 2.64. The lowest BCUT2D eigenvalue weighted by atomic mass is 10.1. The molecule has 1 unspecified atom stereocenters. The number of aromatic nitrogens is 3. The van der Waals surface area contributed by atoms with Gasteiger partial charge in [0.05, 0.1) is 12.0 Å². The van der Waals surface area contributed by atoms with Gasteiger partial charge < -0.3 is 14.2 Å². The zero-order valence-corrected chi connectivity index (χ0v) is 14.4. The molecule has 24 heavy (non-hydrogen) atoms. The van der Waals surface area contributed by atoms with Gasteiger partial charge in [0.2, 0.25) is 0 Å². The van der Waals surface area contributed by atoms with E-state index in [4.69, 9.17) is 4.74 Å². The van der Waals surface area contributed by atoms with Gasteiger partial charge in [-0.2, -0.15) is 0 Å². The maximum atomic E-state index is 12.8. The van der Waals surface area contributed by atoms with Crippen molar-refractivity contribution < 1.29 is 9.53 Å². The molecule has 1 aliphatic heterocycles. The molecule has 1 aliphatic rings. The fourth-order valence-corrected chi connectivity index (χ4v) is 4.28. The van der Waals surface area contributed by atoms with Crippen LogP contribution in [0.2, 0.25) is 0 Å². The average molecular weight is 342 g/mol. The average Bonchev–Trinajstić information content (AvgIpc) is 3.31. The Hall–Kier alpha value is -2.41. The number of nitrogens with zero attached hydrogens (tertiary/aromatic N) is 4. The van der Waals surface area contributed by atoms with E-state index in [0.29, 0.717) is 6.54 Å². The summed E-state index contributed by atoms with van der Waals surface area (Å²) in [5.74, 6) is 2.12. The Labute approximate surface area is 143 Å². The van der Waals surface area contributed by atoms with Crippen LogP contribution in [-0.2, 0) is 7.05 Å². The predicted octanol–water partition coefficient (Wildman–Crippen LogP) is 2.67. The van der Waals surface area contributed by atoms with E-state index in [2.05, 4.69) is 10.2 Å². The second-order valence-corrected chi connectivity index (χ2v) is 7.13. The molecule has 0 saturated carbocycles. The van der Waals surface area contributed by atoms with Crippen molar-refractivity contribution in [2.75, 3.05) is 20.2 Å². The van der Waals surface area contributed by atoms with E-state index in [1.54, 1.807) is 13.4 Å². The van der Waals surface area contributed by atoms with Crippen LogP contribution in [0.5, 0.6) is 5.75 Å². The zero-order valence-electron chi connectivity index (χ0n) is 13.6. The van der Waals surface area contributed by atoms with Crippen LogP contribution >= 0.6 is 11.3 Å². The van der Waals surface area contributed by atoms with Gasteiger partial charge in [-0.3, -0.25) is 4.79 Å². The van der Waals surface area contributed by atoms with Gasteiger partial charge in [-0.1, -0.05) is 0 Å². The molecule has 0 aliphatic carbocycles. The summed E-state index contributed by atoms with van der Waals surface area (Å²) < 4.78 is 8.26. The third-order valence-corrected chi connectivity index (χ3v) is 5.61. The third-order valence-electron chi connectivity index (χ3n) is 4.53. The SMILES string of the molecule is COc1ccc2cc(C(=O)N3CCC(c4nncn4C)C3)sc2c1. The summed E-state index contributed by atoms with van der Waals surface area (Å²) >= 11 is 1.52. The molecule has 4 rings (SSSR count). The smallest absolute Gasteiger partial charge is 0.263 e. The molecule has 0 N–H and O–H groups in total. The van der Waals surface area contributed by atoms with Crippen molar-refractivity contribution in [2.45, 2.75) is 12.3 Å². The van der Waals surface area contributed by atoms with Crippen molar-refractivity contribution in [3.05, 3.63) is 41.3 Å². The lowest BCUT2D eigenvalue weighted by Crippen LogP contribution is -2.28. The van der Waals surface area contributed by atoms with Gasteiger partial charge in [0.15, 0.2) is 0 Å². The molecule has 0 spiro atoms. The number of fused-ring (bicyclic) bond motifs is 1. The standard InChI is InChI=1S/C17H18N4O2S/c1-20-10-18-19-16(20)12-5-6-21(9-12)17(22)15-7-11-3-4-13(23-2)8-14(11)24-15/h3-4,7-8,10,12H,5-6,9H2,1-2H3. The Morgan fingerprint density at radius 1 is 1.38 bits per heavy atom. The van der Waals surface area contributed by atoms with E-state index in [9.17, 15) is 4.79 Å². The molecule has 2 aromatic heterocycles. The number of ether oxygens (including phenoxy) is 1. The highest BCUT2D eigenvalue weighted by Gasteiger charge is 2.31. The molecule has 3 heterocycles. The fourth-order valence-electron chi connectivity index (χ4n) is 3.22. The molecular weight excluding hydrogens is 324 g/mol. The van der Waals surface area contributed by atoms with Gasteiger partial charge in [0, 0.05) is 30.8 Å². The summed E-state index contributed by atoms with van der Waals surface area (Å²) in [4.78, 5) is 15.5. The van der Waals surface area contributed by atoms with Crippen LogP contribution in [0.3, 0.4) is 0 Å². The Morgan fingerprint density at radius 3 is 3.00 bits per heavy atom. The van der Waals surface area contributed by atoms with Gasteiger partial charge in [-0.25, -0.2) is 0 Å². The minimum atomic E-state index is 0.0971. The quantitative estimate of drug-likeness (QED) is 0.734. The van der Waals surface area contributed by atoms with Gasteiger partial charge in [-0.15, -0.1) is 21.5 Å². The Kier molecular flexibility index (Phi) is 3.72. The van der Waals surface area contributed by atoms with E-state index in [1.807, 2.05) is 40.8 Å². The normalized spacial score (nSPS) is 17.6. The predicted molar refractivity (Wildman–Crippen MR) is 92.6 cm³/mol. The second kappa shape index (κ2) is 5.90. The molecule has 1 saturated heterocycles. The van der Waals surface area contributed by atoms with E-state index >= 15 is 0 Å². The topological polar surface area (TPSA) is 60.2 Å². The van der Waals surface area contributed by atoms with Crippen LogP contribution in [0.15, 0.2) is 30.6 Å². The number of methoxy groups -OCH3 is 1. The van der Waals surface area contributed by atoms with Gasteiger partial charge in [-0.05, 0) is 36.1 Å². The first kappa shape index (κ1) is 15.1. The van der Waals surface area contributed by atoms with Crippen molar-refractivity contribution in [1.82, 2.24) is 19.7 Å². The van der Waals surface area contributed by atoms with Crippen LogP contribution in [0.25, 0.3) is 10.1 Å². The number of benzene rings is 1. The van der Waals surface area contributed by atoms with Crippen LogP contribution in [0.4, 0.5) is 0 Å². The lowest BCUT2D eigenvalue weighted by Gasteiger charge is -2.15. The van der Waals surface area contributed by atoms with Crippen molar-refractivity contribution in [1.29, 1.82) is 0 Å². The first-order valence-electron chi connectivity index (χ1n) is 7.86. The number of carbonyl (C=O) groups excluding carboxylic acids is 1. The van der Waals surface area contributed by atoms with Gasteiger partial charge >= 0.3 is 0 Å². The summed E-state index contributed by atoms with van der Waals surface area (Å²) in [5, 5.41) is 9.20. The van der Waals surface area contributed by atoms with Crippen LogP contribution in [0.1, 0.15) is 27.8 Å². The largest absolute Gasteiger partial charge is 0.497 e. The second-order valence-electron chi connectivity index (χ2n) is 6.05. The monoisotopic (exact) mass is 342 g/mol. The molecule has 1 amide bonds. The van der Waals surface area contributed by atoms with Crippen LogP contribution in [-0.4, -0.2) is 45.8 Å². The highest BCUT2D eigenvalue weighted by molar-refractivity contribution is 7.20. The van der Waals surface area contributed by atoms with E-state index in [0.717, 1.165) is 39.5 Å². The third kappa shape index (κ3) is 2.54. The van der Waals surface area contributed by atoms with E-state index < -0.39 is 0 Å². The number of aryl methyl sites for hydroxylation is 1. The molecule has 1 atom stereocenters. The first-order valence-corrected chi connectivity index (χ1v) is 8.68. The van der Waals surface area contributed by atoms with E-state index in [1.165, 1.54) is 11.3 Å². The molecule has 6 nitrogen and oxygen atoms in total. The summed E-state index contributed by atoms with van der Waals surface area (Å²) in [6, 6.07) is 7.86. The van der Waals surface area contributed by atoms with Crippen molar-refractivity contribution in [3.63, 3.8) is 0 Å². The van der Waals surface area contributed by atoms with Crippen LogP contribution in [0, 0.1) is 0 Å². The Balaban J connectivity index is 1.55. The Bertz CT molecular complexity index is 901. The number of thiophene rings is 1. The van der Waals surface area contributed by atoms with Crippen molar-refractivity contribution >= 4 is 27.3 Å². The summed E-state index contributed by atoms with van der Waals surface area (Å²) in [5.41, 5.74) is 0.